The number of nitrogens with two attached hydrogens (primary N) is 1. The third-order valence-electron chi connectivity index (χ3n) is 2.82. The molecule has 0 atom stereocenters. The Morgan fingerprint density at radius 2 is 2.14 bits per heavy atom. The first kappa shape index (κ1) is 9.40. The van der Waals surface area contributed by atoms with Crippen LogP contribution in [0, 0.1) is 5.92 Å². The van der Waals surface area contributed by atoms with Gasteiger partial charge in [0.05, 0.1) is 6.20 Å². The van der Waals surface area contributed by atoms with Crippen LogP contribution in [0.1, 0.15) is 12.8 Å². The zero-order chi connectivity index (χ0) is 9.80. The van der Waals surface area contributed by atoms with Crippen molar-refractivity contribution >= 4 is 5.82 Å². The van der Waals surface area contributed by atoms with E-state index in [1.54, 1.807) is 12.4 Å². The second-order valence-corrected chi connectivity index (χ2v) is 3.73. The van der Waals surface area contributed by atoms with Gasteiger partial charge in [-0.2, -0.15) is 0 Å². The van der Waals surface area contributed by atoms with Crippen molar-refractivity contribution in [2.75, 3.05) is 24.5 Å². The lowest BCUT2D eigenvalue weighted by molar-refractivity contribution is 0.413. The molecule has 0 saturated carbocycles. The van der Waals surface area contributed by atoms with E-state index in [-0.39, 0.29) is 0 Å². The minimum Gasteiger partial charge on any atom is -0.355 e. The summed E-state index contributed by atoms with van der Waals surface area (Å²) in [5.41, 5.74) is 5.64. The normalized spacial score (nSPS) is 18.5. The number of nitrogens with zero attached hydrogens (tertiary/aromatic N) is 3. The van der Waals surface area contributed by atoms with Gasteiger partial charge in [0.15, 0.2) is 0 Å². The lowest BCUT2D eigenvalue weighted by atomic mass is 9.97. The standard InChI is InChI=1S/C10H16N4/c11-7-9-1-5-14(6-2-9)10-8-12-3-4-13-10/h3-4,8-9H,1-2,5-7,11H2. The van der Waals surface area contributed by atoms with Crippen LogP contribution in [0.4, 0.5) is 5.82 Å². The average molecular weight is 192 g/mol. The minimum atomic E-state index is 0.697. The maximum atomic E-state index is 5.64. The topological polar surface area (TPSA) is 55.0 Å². The van der Waals surface area contributed by atoms with Gasteiger partial charge >= 0.3 is 0 Å². The molecule has 14 heavy (non-hydrogen) atoms. The fourth-order valence-electron chi connectivity index (χ4n) is 1.85. The average Bonchev–Trinajstić information content (AvgIpc) is 2.30. The summed E-state index contributed by atoms with van der Waals surface area (Å²) < 4.78 is 0. The molecule has 0 amide bonds. The van der Waals surface area contributed by atoms with Crippen molar-refractivity contribution in [1.82, 2.24) is 9.97 Å². The van der Waals surface area contributed by atoms with Crippen LogP contribution >= 0.6 is 0 Å². The van der Waals surface area contributed by atoms with Gasteiger partial charge in [-0.05, 0) is 25.3 Å². The Kier molecular flexibility index (Phi) is 2.93. The van der Waals surface area contributed by atoms with Crippen molar-refractivity contribution in [1.29, 1.82) is 0 Å². The van der Waals surface area contributed by atoms with Crippen LogP contribution in [0.5, 0.6) is 0 Å². The van der Waals surface area contributed by atoms with E-state index in [9.17, 15) is 0 Å². The predicted octanol–water partition coefficient (Wildman–Crippen LogP) is 0.652. The van der Waals surface area contributed by atoms with Gasteiger partial charge in [0.2, 0.25) is 0 Å². The first-order valence-electron chi connectivity index (χ1n) is 5.11. The molecule has 2 rings (SSSR count). The zero-order valence-corrected chi connectivity index (χ0v) is 8.26. The highest BCUT2D eigenvalue weighted by Crippen LogP contribution is 2.19. The zero-order valence-electron chi connectivity index (χ0n) is 8.26. The molecule has 76 valence electrons. The summed E-state index contributed by atoms with van der Waals surface area (Å²) in [4.78, 5) is 10.6. The molecule has 1 aromatic heterocycles. The van der Waals surface area contributed by atoms with Crippen molar-refractivity contribution in [2.45, 2.75) is 12.8 Å². The number of rotatable bonds is 2. The molecular formula is C10H16N4. The number of anilines is 1. The number of piperidine rings is 1. The van der Waals surface area contributed by atoms with Crippen LogP contribution in [0.25, 0.3) is 0 Å². The fourth-order valence-corrected chi connectivity index (χ4v) is 1.85. The third kappa shape index (κ3) is 2.01. The molecule has 4 nitrogen and oxygen atoms in total. The molecule has 0 spiro atoms. The molecule has 4 heteroatoms. The monoisotopic (exact) mass is 192 g/mol. The van der Waals surface area contributed by atoms with E-state index < -0.39 is 0 Å². The molecule has 1 aromatic rings. The van der Waals surface area contributed by atoms with Gasteiger partial charge in [0.1, 0.15) is 5.82 Å². The Hall–Kier alpha value is -1.16. The lowest BCUT2D eigenvalue weighted by Crippen LogP contribution is -2.36. The van der Waals surface area contributed by atoms with E-state index in [1.807, 2.05) is 6.20 Å². The van der Waals surface area contributed by atoms with Crippen molar-refractivity contribution in [3.05, 3.63) is 18.6 Å². The molecule has 0 unspecified atom stereocenters. The minimum absolute atomic E-state index is 0.697. The van der Waals surface area contributed by atoms with Crippen molar-refractivity contribution in [3.8, 4) is 0 Å². The van der Waals surface area contributed by atoms with Gasteiger partial charge in [-0.25, -0.2) is 4.98 Å². The van der Waals surface area contributed by atoms with Gasteiger partial charge in [0.25, 0.3) is 0 Å². The Labute approximate surface area is 84.2 Å². The van der Waals surface area contributed by atoms with E-state index in [4.69, 9.17) is 5.73 Å². The molecule has 0 bridgehead atoms. The Balaban J connectivity index is 1.96. The summed E-state index contributed by atoms with van der Waals surface area (Å²) >= 11 is 0. The molecular weight excluding hydrogens is 176 g/mol. The highest BCUT2D eigenvalue weighted by Gasteiger charge is 2.18. The molecule has 2 heterocycles. The lowest BCUT2D eigenvalue weighted by Gasteiger charge is -2.31. The van der Waals surface area contributed by atoms with E-state index in [1.165, 1.54) is 12.8 Å². The highest BCUT2D eigenvalue weighted by molar-refractivity contribution is 5.35. The quantitative estimate of drug-likeness (QED) is 0.747. The summed E-state index contributed by atoms with van der Waals surface area (Å²) in [6, 6.07) is 0. The summed E-state index contributed by atoms with van der Waals surface area (Å²) in [5.74, 6) is 1.69. The first-order valence-corrected chi connectivity index (χ1v) is 5.11. The first-order chi connectivity index (χ1) is 6.90. The van der Waals surface area contributed by atoms with E-state index >= 15 is 0 Å². The summed E-state index contributed by atoms with van der Waals surface area (Å²) in [6.45, 7) is 2.93. The Morgan fingerprint density at radius 1 is 1.36 bits per heavy atom. The Morgan fingerprint density at radius 3 is 2.71 bits per heavy atom. The summed E-state index contributed by atoms with van der Waals surface area (Å²) in [6.07, 6.45) is 7.61. The van der Waals surface area contributed by atoms with Gasteiger partial charge in [-0.3, -0.25) is 4.98 Å². The van der Waals surface area contributed by atoms with Crippen LogP contribution in [0.2, 0.25) is 0 Å². The van der Waals surface area contributed by atoms with Gasteiger partial charge < -0.3 is 10.6 Å². The summed E-state index contributed by atoms with van der Waals surface area (Å²) in [5, 5.41) is 0. The third-order valence-corrected chi connectivity index (χ3v) is 2.82. The summed E-state index contributed by atoms with van der Waals surface area (Å²) in [7, 11) is 0. The molecule has 1 aliphatic heterocycles. The smallest absolute Gasteiger partial charge is 0.147 e. The van der Waals surface area contributed by atoms with Crippen LogP contribution < -0.4 is 10.6 Å². The maximum absolute atomic E-state index is 5.64. The van der Waals surface area contributed by atoms with Crippen molar-refractivity contribution < 1.29 is 0 Å². The van der Waals surface area contributed by atoms with E-state index in [0.29, 0.717) is 5.92 Å². The molecule has 0 aliphatic carbocycles. The maximum Gasteiger partial charge on any atom is 0.147 e. The second kappa shape index (κ2) is 4.37. The molecule has 1 aliphatic rings. The second-order valence-electron chi connectivity index (χ2n) is 3.73. The number of aromatic nitrogens is 2. The predicted molar refractivity (Wildman–Crippen MR) is 56.0 cm³/mol. The molecule has 0 radical (unpaired) electrons. The molecule has 1 fully saturated rings. The van der Waals surface area contributed by atoms with Crippen LogP contribution in [-0.4, -0.2) is 29.6 Å². The van der Waals surface area contributed by atoms with Gasteiger partial charge in [-0.15, -0.1) is 0 Å². The largest absolute Gasteiger partial charge is 0.355 e. The van der Waals surface area contributed by atoms with Crippen molar-refractivity contribution in [3.63, 3.8) is 0 Å². The van der Waals surface area contributed by atoms with Crippen LogP contribution in [0.15, 0.2) is 18.6 Å². The number of hydrogen-bond donors (Lipinski definition) is 1. The molecule has 2 N–H and O–H groups in total. The van der Waals surface area contributed by atoms with Crippen molar-refractivity contribution in [2.24, 2.45) is 11.7 Å². The van der Waals surface area contributed by atoms with E-state index in [2.05, 4.69) is 14.9 Å². The highest BCUT2D eigenvalue weighted by atomic mass is 15.2. The molecule has 1 saturated heterocycles. The van der Waals surface area contributed by atoms with Gasteiger partial charge in [0, 0.05) is 25.5 Å². The molecule has 0 aromatic carbocycles. The Bertz CT molecular complexity index is 267. The van der Waals surface area contributed by atoms with Crippen LogP contribution in [0.3, 0.4) is 0 Å². The van der Waals surface area contributed by atoms with Crippen LogP contribution in [-0.2, 0) is 0 Å². The SMILES string of the molecule is NCC1CCN(c2cnccn2)CC1. The van der Waals surface area contributed by atoms with Gasteiger partial charge in [-0.1, -0.05) is 0 Å². The fraction of sp³-hybridized carbons (Fsp3) is 0.600. The number of hydrogen-bond acceptors (Lipinski definition) is 4. The van der Waals surface area contributed by atoms with E-state index in [0.717, 1.165) is 25.5 Å².